The van der Waals surface area contributed by atoms with Crippen LogP contribution in [-0.4, -0.2) is 11.8 Å². The topological polar surface area (TPSA) is 71.3 Å². The molecule has 3 aromatic carbocycles. The minimum atomic E-state index is -0.133. The summed E-state index contributed by atoms with van der Waals surface area (Å²) in [6.07, 6.45) is 3.77. The summed E-state index contributed by atoms with van der Waals surface area (Å²) < 4.78 is 5.67. The molecular weight excluding hydrogens is 364 g/mol. The van der Waals surface area contributed by atoms with Gasteiger partial charge in [-0.05, 0) is 47.9 Å². The lowest BCUT2D eigenvalue weighted by atomic mass is 10.0. The first-order chi connectivity index (χ1) is 14.2. The Morgan fingerprint density at radius 3 is 2.55 bits per heavy atom. The summed E-state index contributed by atoms with van der Waals surface area (Å²) >= 11 is 0. The van der Waals surface area contributed by atoms with E-state index < -0.39 is 0 Å². The maximum absolute atomic E-state index is 12.7. The van der Waals surface area contributed by atoms with Crippen molar-refractivity contribution in [1.82, 2.24) is 0 Å². The molecule has 1 aliphatic rings. The Labute approximate surface area is 167 Å². The fourth-order valence-corrected chi connectivity index (χ4v) is 3.65. The van der Waals surface area contributed by atoms with Crippen LogP contribution in [0.4, 0.5) is 11.4 Å². The Kier molecular flexibility index (Phi) is 4.28. The third-order valence-electron chi connectivity index (χ3n) is 5.25. The molecular formula is C24H20N2O3. The molecule has 1 saturated carbocycles. The van der Waals surface area contributed by atoms with Crippen LogP contribution in [0.3, 0.4) is 0 Å². The number of anilines is 2. The Balaban J connectivity index is 1.35. The van der Waals surface area contributed by atoms with Gasteiger partial charge in [0.25, 0.3) is 0 Å². The highest BCUT2D eigenvalue weighted by Crippen LogP contribution is 2.31. The molecule has 1 aromatic heterocycles. The zero-order valence-corrected chi connectivity index (χ0v) is 15.8. The summed E-state index contributed by atoms with van der Waals surface area (Å²) in [5.41, 5.74) is 2.98. The van der Waals surface area contributed by atoms with Crippen LogP contribution >= 0.6 is 0 Å². The van der Waals surface area contributed by atoms with Crippen molar-refractivity contribution >= 4 is 44.9 Å². The lowest BCUT2D eigenvalue weighted by Gasteiger charge is -2.09. The Hall–Kier alpha value is -3.60. The summed E-state index contributed by atoms with van der Waals surface area (Å²) in [6, 6.07) is 19.3. The number of hydrogen-bond acceptors (Lipinski definition) is 3. The van der Waals surface area contributed by atoms with Crippen molar-refractivity contribution in [3.8, 4) is 0 Å². The summed E-state index contributed by atoms with van der Waals surface area (Å²) in [7, 11) is 0. The van der Waals surface area contributed by atoms with Crippen LogP contribution in [0.15, 0.2) is 71.3 Å². The van der Waals surface area contributed by atoms with Gasteiger partial charge >= 0.3 is 0 Å². The van der Waals surface area contributed by atoms with Gasteiger partial charge in [0.05, 0.1) is 12.7 Å². The molecule has 0 unspecified atom stereocenters. The van der Waals surface area contributed by atoms with Crippen LogP contribution in [0.25, 0.3) is 21.7 Å². The molecule has 4 aromatic rings. The molecule has 5 nitrogen and oxygen atoms in total. The van der Waals surface area contributed by atoms with Gasteiger partial charge in [-0.15, -0.1) is 0 Å². The monoisotopic (exact) mass is 384 g/mol. The predicted molar refractivity (Wildman–Crippen MR) is 114 cm³/mol. The second-order valence-corrected chi connectivity index (χ2v) is 7.49. The van der Waals surface area contributed by atoms with Crippen molar-refractivity contribution in [3.63, 3.8) is 0 Å². The third-order valence-corrected chi connectivity index (χ3v) is 5.25. The van der Waals surface area contributed by atoms with Gasteiger partial charge in [-0.1, -0.05) is 36.4 Å². The van der Waals surface area contributed by atoms with Gasteiger partial charge in [0.15, 0.2) is 0 Å². The first kappa shape index (κ1) is 17.5. The highest BCUT2D eigenvalue weighted by atomic mass is 16.3. The van der Waals surface area contributed by atoms with E-state index in [9.17, 15) is 9.59 Å². The minimum Gasteiger partial charge on any atom is -0.464 e. The summed E-state index contributed by atoms with van der Waals surface area (Å²) in [6.45, 7) is 0. The molecule has 1 aliphatic carbocycles. The summed E-state index contributed by atoms with van der Waals surface area (Å²) in [4.78, 5) is 24.6. The van der Waals surface area contributed by atoms with Crippen molar-refractivity contribution in [3.05, 3.63) is 72.5 Å². The van der Waals surface area contributed by atoms with Crippen LogP contribution in [0, 0.1) is 5.92 Å². The SMILES string of the molecule is O=C(Cc1coc2ccc3ccccc3c12)Nc1cccc(NC(=O)C2CC2)c1. The molecule has 0 bridgehead atoms. The van der Waals surface area contributed by atoms with E-state index in [2.05, 4.69) is 10.6 Å². The van der Waals surface area contributed by atoms with Crippen LogP contribution in [-0.2, 0) is 16.0 Å². The summed E-state index contributed by atoms with van der Waals surface area (Å²) in [5, 5.41) is 8.99. The van der Waals surface area contributed by atoms with E-state index >= 15 is 0 Å². The molecule has 2 amide bonds. The van der Waals surface area contributed by atoms with Gasteiger partial charge < -0.3 is 15.1 Å². The van der Waals surface area contributed by atoms with Crippen LogP contribution < -0.4 is 10.6 Å². The van der Waals surface area contributed by atoms with Gasteiger partial charge in [-0.3, -0.25) is 9.59 Å². The molecule has 0 spiro atoms. The highest BCUT2D eigenvalue weighted by Gasteiger charge is 2.29. The van der Waals surface area contributed by atoms with E-state index in [1.54, 1.807) is 12.3 Å². The number of benzene rings is 3. The largest absolute Gasteiger partial charge is 0.464 e. The van der Waals surface area contributed by atoms with E-state index in [-0.39, 0.29) is 24.2 Å². The average Bonchev–Trinajstić information content (AvgIpc) is 3.50. The molecule has 5 rings (SSSR count). The van der Waals surface area contributed by atoms with E-state index in [1.165, 1.54) is 0 Å². The van der Waals surface area contributed by atoms with Crippen molar-refractivity contribution in [2.75, 3.05) is 10.6 Å². The van der Waals surface area contributed by atoms with Crippen molar-refractivity contribution in [2.45, 2.75) is 19.3 Å². The molecule has 0 aliphatic heterocycles. The fraction of sp³-hybridized carbons (Fsp3) is 0.167. The number of hydrogen-bond donors (Lipinski definition) is 2. The van der Waals surface area contributed by atoms with Crippen LogP contribution in [0.2, 0.25) is 0 Å². The lowest BCUT2D eigenvalue weighted by Crippen LogP contribution is -2.15. The van der Waals surface area contributed by atoms with Crippen LogP contribution in [0.5, 0.6) is 0 Å². The molecule has 0 radical (unpaired) electrons. The zero-order valence-electron chi connectivity index (χ0n) is 15.8. The van der Waals surface area contributed by atoms with E-state index in [0.29, 0.717) is 11.4 Å². The molecule has 0 saturated heterocycles. The van der Waals surface area contributed by atoms with E-state index in [0.717, 1.165) is 40.1 Å². The molecule has 2 N–H and O–H groups in total. The number of nitrogens with one attached hydrogen (secondary N) is 2. The average molecular weight is 384 g/mol. The molecule has 0 atom stereocenters. The Morgan fingerprint density at radius 2 is 1.72 bits per heavy atom. The number of fused-ring (bicyclic) bond motifs is 3. The quantitative estimate of drug-likeness (QED) is 0.502. The second kappa shape index (κ2) is 7.09. The molecule has 144 valence electrons. The number of furan rings is 1. The first-order valence-electron chi connectivity index (χ1n) is 9.76. The van der Waals surface area contributed by atoms with E-state index in [4.69, 9.17) is 4.42 Å². The lowest BCUT2D eigenvalue weighted by molar-refractivity contribution is -0.117. The Morgan fingerprint density at radius 1 is 0.931 bits per heavy atom. The molecule has 1 fully saturated rings. The second-order valence-electron chi connectivity index (χ2n) is 7.49. The first-order valence-corrected chi connectivity index (χ1v) is 9.76. The van der Waals surface area contributed by atoms with Gasteiger partial charge in [0, 0.05) is 28.2 Å². The Bertz CT molecular complexity index is 1240. The molecule has 5 heteroatoms. The zero-order chi connectivity index (χ0) is 19.8. The minimum absolute atomic E-state index is 0.0465. The van der Waals surface area contributed by atoms with Crippen molar-refractivity contribution < 1.29 is 14.0 Å². The van der Waals surface area contributed by atoms with Crippen molar-refractivity contribution in [2.24, 2.45) is 5.92 Å². The third kappa shape index (κ3) is 3.59. The van der Waals surface area contributed by atoms with Gasteiger partial charge in [-0.2, -0.15) is 0 Å². The molecule has 1 heterocycles. The standard InChI is InChI=1S/C24H20N2O3/c27-22(25-18-5-3-6-19(13-18)26-24(28)16-8-9-16)12-17-14-29-21-11-10-15-4-1-2-7-20(15)23(17)21/h1-7,10-11,13-14,16H,8-9,12H2,(H,25,27)(H,26,28). The van der Waals surface area contributed by atoms with Gasteiger partial charge in [0.2, 0.25) is 11.8 Å². The summed E-state index contributed by atoms with van der Waals surface area (Å²) in [5.74, 6) is 0.0500. The van der Waals surface area contributed by atoms with Crippen LogP contribution in [0.1, 0.15) is 18.4 Å². The van der Waals surface area contributed by atoms with Gasteiger partial charge in [-0.25, -0.2) is 0 Å². The molecule has 29 heavy (non-hydrogen) atoms. The number of carbonyl (C=O) groups excluding carboxylic acids is 2. The van der Waals surface area contributed by atoms with E-state index in [1.807, 2.05) is 54.6 Å². The number of amides is 2. The normalized spacial score (nSPS) is 13.5. The van der Waals surface area contributed by atoms with Crippen molar-refractivity contribution in [1.29, 1.82) is 0 Å². The highest BCUT2D eigenvalue weighted by molar-refractivity contribution is 6.09. The maximum Gasteiger partial charge on any atom is 0.228 e. The smallest absolute Gasteiger partial charge is 0.228 e. The van der Waals surface area contributed by atoms with Gasteiger partial charge in [0.1, 0.15) is 5.58 Å². The number of rotatable bonds is 5. The fourth-order valence-electron chi connectivity index (χ4n) is 3.65. The predicted octanol–water partition coefficient (Wildman–Crippen LogP) is 5.12. The number of carbonyl (C=O) groups is 2. The maximum atomic E-state index is 12.7.